The molecule has 0 bridgehead atoms. The topological polar surface area (TPSA) is 10.9 Å². The summed E-state index contributed by atoms with van der Waals surface area (Å²) in [5, 5.41) is 10.3. The number of rotatable bonds is 6. The van der Waals surface area contributed by atoms with Crippen LogP contribution in [0.25, 0.3) is 59.6 Å². The molecule has 4 heteroatoms. The average Bonchev–Trinajstić information content (AvgIpc) is 3.70. The molecule has 0 saturated heterocycles. The van der Waals surface area contributed by atoms with E-state index >= 15 is 0 Å². The van der Waals surface area contributed by atoms with Crippen molar-refractivity contribution in [2.45, 2.75) is 0 Å². The van der Waals surface area contributed by atoms with Gasteiger partial charge in [-0.3, -0.25) is 0 Å². The molecule has 0 fully saturated rings. The number of benzene rings is 9. The van der Waals surface area contributed by atoms with Crippen LogP contribution in [-0.4, -0.2) is 4.40 Å². The fourth-order valence-electron chi connectivity index (χ4n) is 8.45. The van der Waals surface area contributed by atoms with Crippen LogP contribution in [0.5, 0.6) is 0 Å². The van der Waals surface area contributed by atoms with Gasteiger partial charge in [0, 0.05) is 60.7 Å². The van der Waals surface area contributed by atoms with E-state index in [1.807, 2.05) is 0 Å². The molecule has 0 radical (unpaired) electrons. The number of anilines is 6. The van der Waals surface area contributed by atoms with Crippen LogP contribution in [0.3, 0.4) is 0 Å². The summed E-state index contributed by atoms with van der Waals surface area (Å²) in [6.45, 7) is 0. The van der Waals surface area contributed by atoms with Crippen LogP contribution in [0.4, 0.5) is 34.1 Å². The molecule has 0 unspecified atom stereocenters. The highest BCUT2D eigenvalue weighted by atomic mass is 35.5. The number of aromatic nitrogens is 1. The molecule has 0 atom stereocenters. The van der Waals surface area contributed by atoms with E-state index in [9.17, 15) is 0 Å². The molecule has 11 aromatic rings. The summed E-state index contributed by atoms with van der Waals surface area (Å²) >= 11 is 6.91. The molecule has 0 spiro atoms. The van der Waals surface area contributed by atoms with Crippen molar-refractivity contribution >= 4 is 105 Å². The second-order valence-electron chi connectivity index (χ2n) is 14.0. The number of nitrogens with zero attached hydrogens (tertiary/aromatic N) is 3. The Labute approximate surface area is 317 Å². The summed E-state index contributed by atoms with van der Waals surface area (Å²) in [5.41, 5.74) is 10.3. The Balaban J connectivity index is 1.15. The van der Waals surface area contributed by atoms with Crippen molar-refractivity contribution in [1.29, 1.82) is 0 Å². The van der Waals surface area contributed by atoms with Crippen LogP contribution in [0.15, 0.2) is 194 Å². The SMILES string of the molecule is Clc1cc2c3cc4ccc(N(c5ccccc5)c5ccccc5)cc4cc3n3c4cc5cc(N(c6ccccc6)c6ccccc6)ccc5cc4c(c1)c23. The lowest BCUT2D eigenvalue weighted by Crippen LogP contribution is -2.09. The monoisotopic (exact) mass is 709 g/mol. The lowest BCUT2D eigenvalue weighted by atomic mass is 10.0. The van der Waals surface area contributed by atoms with Crippen LogP contribution in [-0.2, 0) is 0 Å². The van der Waals surface area contributed by atoms with Gasteiger partial charge in [-0.15, -0.1) is 0 Å². The summed E-state index contributed by atoms with van der Waals surface area (Å²) in [5.74, 6) is 0. The molecule has 2 aromatic heterocycles. The molecule has 0 amide bonds. The van der Waals surface area contributed by atoms with Crippen LogP contribution in [0.2, 0.25) is 5.02 Å². The summed E-state index contributed by atoms with van der Waals surface area (Å²) < 4.78 is 2.46. The average molecular weight is 710 g/mol. The first-order chi connectivity index (χ1) is 26.7. The van der Waals surface area contributed by atoms with Gasteiger partial charge in [0.1, 0.15) is 0 Å². The predicted molar refractivity (Wildman–Crippen MR) is 230 cm³/mol. The standard InChI is InChI=1S/C50H32ClN3/c51-37-31-46-44-27-33-21-23-42(52(38-13-5-1-6-14-38)39-15-7-2-8-16-39)25-35(33)29-48(44)54-49-30-36-26-43(24-22-34(36)28-45(49)47(32-37)50(46)54)53(40-17-9-3-10-18-40)41-19-11-4-12-20-41/h1-32H. The van der Waals surface area contributed by atoms with Gasteiger partial charge in [-0.2, -0.15) is 0 Å². The van der Waals surface area contributed by atoms with E-state index in [4.69, 9.17) is 11.6 Å². The third-order valence-electron chi connectivity index (χ3n) is 10.8. The normalized spacial score (nSPS) is 11.8. The van der Waals surface area contributed by atoms with Crippen molar-refractivity contribution in [3.8, 4) is 0 Å². The van der Waals surface area contributed by atoms with E-state index in [0.717, 1.165) is 39.1 Å². The third-order valence-corrected chi connectivity index (χ3v) is 11.0. The summed E-state index contributed by atoms with van der Waals surface area (Å²) in [4.78, 5) is 4.64. The molecule has 2 heterocycles. The molecule has 0 saturated carbocycles. The maximum atomic E-state index is 6.91. The lowest BCUT2D eigenvalue weighted by Gasteiger charge is -2.25. The van der Waals surface area contributed by atoms with Crippen molar-refractivity contribution in [2.75, 3.05) is 9.80 Å². The van der Waals surface area contributed by atoms with Crippen LogP contribution in [0.1, 0.15) is 0 Å². The second kappa shape index (κ2) is 12.1. The van der Waals surface area contributed by atoms with Gasteiger partial charge in [-0.05, 0) is 131 Å². The Hall–Kier alpha value is -6.81. The van der Waals surface area contributed by atoms with Gasteiger partial charge < -0.3 is 14.2 Å². The number of fused-ring (bicyclic) bond motifs is 8. The zero-order valence-electron chi connectivity index (χ0n) is 29.2. The van der Waals surface area contributed by atoms with E-state index in [2.05, 4.69) is 208 Å². The largest absolute Gasteiger partial charge is 0.310 e. The number of hydrogen-bond donors (Lipinski definition) is 0. The summed E-state index contributed by atoms with van der Waals surface area (Å²) in [6, 6.07) is 69.6. The first-order valence-corrected chi connectivity index (χ1v) is 18.7. The van der Waals surface area contributed by atoms with Crippen molar-refractivity contribution in [1.82, 2.24) is 4.40 Å². The Morgan fingerprint density at radius 2 is 0.685 bits per heavy atom. The number of halogens is 1. The molecular weight excluding hydrogens is 678 g/mol. The molecule has 54 heavy (non-hydrogen) atoms. The molecule has 3 nitrogen and oxygen atoms in total. The Morgan fingerprint density at radius 3 is 1.06 bits per heavy atom. The molecule has 0 aliphatic rings. The minimum absolute atomic E-state index is 0.748. The first kappa shape index (κ1) is 30.8. The van der Waals surface area contributed by atoms with E-state index in [1.165, 1.54) is 59.6 Å². The van der Waals surface area contributed by atoms with Crippen molar-refractivity contribution < 1.29 is 0 Å². The summed E-state index contributed by atoms with van der Waals surface area (Å²) in [7, 11) is 0. The van der Waals surface area contributed by atoms with E-state index in [1.54, 1.807) is 0 Å². The number of para-hydroxylation sites is 4. The minimum Gasteiger partial charge on any atom is -0.310 e. The molecule has 11 rings (SSSR count). The first-order valence-electron chi connectivity index (χ1n) is 18.3. The van der Waals surface area contributed by atoms with Crippen molar-refractivity contribution in [3.63, 3.8) is 0 Å². The minimum atomic E-state index is 0.748. The van der Waals surface area contributed by atoms with Gasteiger partial charge in [0.15, 0.2) is 0 Å². The lowest BCUT2D eigenvalue weighted by molar-refractivity contribution is 1.29. The highest BCUT2D eigenvalue weighted by Gasteiger charge is 2.21. The smallest absolute Gasteiger partial charge is 0.0621 e. The van der Waals surface area contributed by atoms with Gasteiger partial charge in [0.2, 0.25) is 0 Å². The molecule has 9 aromatic carbocycles. The van der Waals surface area contributed by atoms with Crippen molar-refractivity contribution in [2.24, 2.45) is 0 Å². The quantitative estimate of drug-likeness (QED) is 0.170. The van der Waals surface area contributed by atoms with E-state index < -0.39 is 0 Å². The molecule has 0 aliphatic carbocycles. The molecule has 254 valence electrons. The van der Waals surface area contributed by atoms with Gasteiger partial charge in [0.05, 0.1) is 16.6 Å². The highest BCUT2D eigenvalue weighted by molar-refractivity contribution is 6.35. The number of hydrogen-bond acceptors (Lipinski definition) is 2. The van der Waals surface area contributed by atoms with Crippen LogP contribution in [0, 0.1) is 0 Å². The zero-order valence-corrected chi connectivity index (χ0v) is 30.0. The maximum absolute atomic E-state index is 6.91. The zero-order chi connectivity index (χ0) is 35.8. The Morgan fingerprint density at radius 1 is 0.315 bits per heavy atom. The van der Waals surface area contributed by atoms with Gasteiger partial charge in [0.25, 0.3) is 0 Å². The molecule has 0 aliphatic heterocycles. The summed E-state index contributed by atoms with van der Waals surface area (Å²) in [6.07, 6.45) is 0. The van der Waals surface area contributed by atoms with E-state index in [-0.39, 0.29) is 0 Å². The van der Waals surface area contributed by atoms with Gasteiger partial charge in [-0.25, -0.2) is 0 Å². The fourth-order valence-corrected chi connectivity index (χ4v) is 8.67. The van der Waals surface area contributed by atoms with Gasteiger partial charge in [-0.1, -0.05) is 96.5 Å². The second-order valence-corrected chi connectivity index (χ2v) is 14.4. The third kappa shape index (κ3) is 4.83. The van der Waals surface area contributed by atoms with Crippen LogP contribution >= 0.6 is 11.6 Å². The fraction of sp³-hybridized carbons (Fsp3) is 0. The highest BCUT2D eigenvalue weighted by Crippen LogP contribution is 2.45. The van der Waals surface area contributed by atoms with Crippen molar-refractivity contribution in [3.05, 3.63) is 199 Å². The van der Waals surface area contributed by atoms with E-state index in [0.29, 0.717) is 0 Å². The molecular formula is C50H32ClN3. The van der Waals surface area contributed by atoms with Gasteiger partial charge >= 0.3 is 0 Å². The Bertz CT molecular complexity index is 2870. The Kier molecular flexibility index (Phi) is 6.91. The molecule has 0 N–H and O–H groups in total. The predicted octanol–water partition coefficient (Wildman–Crippen LogP) is 14.7. The van der Waals surface area contributed by atoms with Crippen LogP contribution < -0.4 is 9.80 Å². The maximum Gasteiger partial charge on any atom is 0.0621 e.